The number of hydrogen-bond donors (Lipinski definition) is 1. The van der Waals surface area contributed by atoms with Crippen LogP contribution in [0.1, 0.15) is 26.5 Å². The van der Waals surface area contributed by atoms with E-state index < -0.39 is 0 Å². The lowest BCUT2D eigenvalue weighted by Crippen LogP contribution is -2.25. The van der Waals surface area contributed by atoms with E-state index in [0.717, 1.165) is 17.8 Å². The maximum absolute atomic E-state index is 12.3. The van der Waals surface area contributed by atoms with Crippen molar-refractivity contribution in [2.75, 3.05) is 6.54 Å². The first kappa shape index (κ1) is 15.5. The topological polar surface area (TPSA) is 46.9 Å². The second-order valence-electron chi connectivity index (χ2n) is 5.48. The van der Waals surface area contributed by atoms with Gasteiger partial charge in [-0.1, -0.05) is 18.2 Å². The summed E-state index contributed by atoms with van der Waals surface area (Å²) in [5, 5.41) is 9.38. The van der Waals surface area contributed by atoms with Crippen molar-refractivity contribution in [1.29, 1.82) is 0 Å². The number of carbonyl (C=O) groups excluding carboxylic acids is 1. The molecule has 2 heterocycles. The Morgan fingerprint density at radius 1 is 1.26 bits per heavy atom. The zero-order valence-corrected chi connectivity index (χ0v) is 14.1. The molecule has 2 aromatic heterocycles. The summed E-state index contributed by atoms with van der Waals surface area (Å²) in [5.74, 6) is -0.0713. The van der Waals surface area contributed by atoms with Gasteiger partial charge in [0.1, 0.15) is 0 Å². The zero-order chi connectivity index (χ0) is 16.2. The first-order valence-electron chi connectivity index (χ1n) is 7.57. The Morgan fingerprint density at radius 2 is 2.13 bits per heavy atom. The van der Waals surface area contributed by atoms with Gasteiger partial charge in [0.05, 0.1) is 23.1 Å². The van der Waals surface area contributed by atoms with Crippen molar-refractivity contribution in [1.82, 2.24) is 15.1 Å². The Labute approximate surface area is 139 Å². The molecule has 0 radical (unpaired) electrons. The summed E-state index contributed by atoms with van der Waals surface area (Å²) < 4.78 is 1.81. The molecule has 0 aliphatic carbocycles. The van der Waals surface area contributed by atoms with E-state index in [1.165, 1.54) is 10.4 Å². The van der Waals surface area contributed by atoms with Crippen LogP contribution in [0.4, 0.5) is 0 Å². The molecule has 1 aromatic carbocycles. The molecular formula is C18H19N3OS. The molecule has 118 valence electrons. The zero-order valence-electron chi connectivity index (χ0n) is 13.2. The van der Waals surface area contributed by atoms with Gasteiger partial charge in [0.2, 0.25) is 0 Å². The first-order chi connectivity index (χ1) is 11.1. The number of thiophene rings is 1. The molecule has 0 saturated heterocycles. The Balaban J connectivity index is 1.69. The fourth-order valence-electron chi connectivity index (χ4n) is 2.50. The van der Waals surface area contributed by atoms with Crippen molar-refractivity contribution in [3.05, 3.63) is 69.7 Å². The number of nitrogens with zero attached hydrogens (tertiary/aromatic N) is 2. The Hall–Kier alpha value is -2.40. The van der Waals surface area contributed by atoms with Crippen LogP contribution in [0.2, 0.25) is 0 Å². The molecule has 0 atom stereocenters. The van der Waals surface area contributed by atoms with Crippen molar-refractivity contribution in [2.24, 2.45) is 0 Å². The van der Waals surface area contributed by atoms with Gasteiger partial charge in [-0.15, -0.1) is 11.3 Å². The van der Waals surface area contributed by atoms with E-state index in [4.69, 9.17) is 0 Å². The summed E-state index contributed by atoms with van der Waals surface area (Å²) in [6.45, 7) is 4.60. The van der Waals surface area contributed by atoms with Gasteiger partial charge in [-0.2, -0.15) is 5.10 Å². The molecule has 0 spiro atoms. The monoisotopic (exact) mass is 325 g/mol. The normalized spacial score (nSPS) is 10.7. The van der Waals surface area contributed by atoms with Gasteiger partial charge in [0, 0.05) is 11.4 Å². The standard InChI is InChI=1S/C18H19N3OS/c1-13-5-3-6-15(11-13)21-14(2)17(12-20-21)18(22)19-9-8-16-7-4-10-23-16/h3-7,10-12H,8-9H2,1-2H3,(H,19,22). The summed E-state index contributed by atoms with van der Waals surface area (Å²) >= 11 is 1.71. The smallest absolute Gasteiger partial charge is 0.254 e. The number of aromatic nitrogens is 2. The van der Waals surface area contributed by atoms with Crippen LogP contribution in [0.15, 0.2) is 48.0 Å². The maximum atomic E-state index is 12.3. The lowest BCUT2D eigenvalue weighted by Gasteiger charge is -2.07. The summed E-state index contributed by atoms with van der Waals surface area (Å²) in [4.78, 5) is 13.6. The third kappa shape index (κ3) is 3.51. The van der Waals surface area contributed by atoms with E-state index in [1.54, 1.807) is 22.2 Å². The van der Waals surface area contributed by atoms with Crippen LogP contribution in [0.3, 0.4) is 0 Å². The van der Waals surface area contributed by atoms with Crippen LogP contribution in [0, 0.1) is 13.8 Å². The molecule has 4 nitrogen and oxygen atoms in total. The number of amides is 1. The lowest BCUT2D eigenvalue weighted by atomic mass is 10.2. The van der Waals surface area contributed by atoms with E-state index in [0.29, 0.717) is 12.1 Å². The predicted octanol–water partition coefficient (Wildman–Crippen LogP) is 3.52. The number of nitrogens with one attached hydrogen (secondary N) is 1. The van der Waals surface area contributed by atoms with Crippen LogP contribution in [-0.2, 0) is 6.42 Å². The van der Waals surface area contributed by atoms with Crippen LogP contribution < -0.4 is 5.32 Å². The number of aryl methyl sites for hydroxylation is 1. The van der Waals surface area contributed by atoms with Gasteiger partial charge in [-0.25, -0.2) is 4.68 Å². The maximum Gasteiger partial charge on any atom is 0.254 e. The molecule has 0 aliphatic heterocycles. The number of rotatable bonds is 5. The van der Waals surface area contributed by atoms with Crippen molar-refractivity contribution < 1.29 is 4.79 Å². The van der Waals surface area contributed by atoms with Crippen LogP contribution >= 0.6 is 11.3 Å². The lowest BCUT2D eigenvalue weighted by molar-refractivity contribution is 0.0953. The van der Waals surface area contributed by atoms with E-state index in [-0.39, 0.29) is 5.91 Å². The molecule has 23 heavy (non-hydrogen) atoms. The summed E-state index contributed by atoms with van der Waals surface area (Å²) in [7, 11) is 0. The average molecular weight is 325 g/mol. The fourth-order valence-corrected chi connectivity index (χ4v) is 3.21. The van der Waals surface area contributed by atoms with Gasteiger partial charge in [0.25, 0.3) is 5.91 Å². The minimum atomic E-state index is -0.0713. The number of hydrogen-bond acceptors (Lipinski definition) is 3. The molecule has 0 saturated carbocycles. The van der Waals surface area contributed by atoms with Crippen LogP contribution in [0.25, 0.3) is 5.69 Å². The van der Waals surface area contributed by atoms with Gasteiger partial charge in [0.15, 0.2) is 0 Å². The molecule has 1 N–H and O–H groups in total. The molecule has 3 rings (SSSR count). The van der Waals surface area contributed by atoms with Crippen molar-refractivity contribution >= 4 is 17.2 Å². The molecule has 3 aromatic rings. The van der Waals surface area contributed by atoms with Crippen molar-refractivity contribution in [3.63, 3.8) is 0 Å². The van der Waals surface area contributed by atoms with Gasteiger partial charge >= 0.3 is 0 Å². The Morgan fingerprint density at radius 3 is 2.87 bits per heavy atom. The fraction of sp³-hybridized carbons (Fsp3) is 0.222. The number of benzene rings is 1. The second-order valence-corrected chi connectivity index (χ2v) is 6.51. The van der Waals surface area contributed by atoms with Crippen LogP contribution in [0.5, 0.6) is 0 Å². The molecule has 0 bridgehead atoms. The predicted molar refractivity (Wildman–Crippen MR) is 93.4 cm³/mol. The average Bonchev–Trinajstić information content (AvgIpc) is 3.17. The number of carbonyl (C=O) groups is 1. The first-order valence-corrected chi connectivity index (χ1v) is 8.45. The highest BCUT2D eigenvalue weighted by molar-refractivity contribution is 7.09. The third-order valence-electron chi connectivity index (χ3n) is 3.74. The van der Waals surface area contributed by atoms with Crippen LogP contribution in [-0.4, -0.2) is 22.2 Å². The SMILES string of the molecule is Cc1cccc(-n2ncc(C(=O)NCCc3cccs3)c2C)c1. The quantitative estimate of drug-likeness (QED) is 0.780. The van der Waals surface area contributed by atoms with E-state index >= 15 is 0 Å². The molecule has 0 fully saturated rings. The minimum absolute atomic E-state index is 0.0713. The van der Waals surface area contributed by atoms with Crippen molar-refractivity contribution in [2.45, 2.75) is 20.3 Å². The van der Waals surface area contributed by atoms with E-state index in [1.807, 2.05) is 43.5 Å². The molecular weight excluding hydrogens is 306 g/mol. The molecule has 1 amide bonds. The largest absolute Gasteiger partial charge is 0.352 e. The summed E-state index contributed by atoms with van der Waals surface area (Å²) in [6.07, 6.45) is 2.49. The Bertz CT molecular complexity index is 806. The highest BCUT2D eigenvalue weighted by atomic mass is 32.1. The van der Waals surface area contributed by atoms with Crippen molar-refractivity contribution in [3.8, 4) is 5.69 Å². The summed E-state index contributed by atoms with van der Waals surface area (Å²) in [6, 6.07) is 12.2. The van der Waals surface area contributed by atoms with Gasteiger partial charge in [-0.3, -0.25) is 4.79 Å². The van der Waals surface area contributed by atoms with Gasteiger partial charge < -0.3 is 5.32 Å². The molecule has 5 heteroatoms. The highest BCUT2D eigenvalue weighted by Gasteiger charge is 2.14. The molecule has 0 unspecified atom stereocenters. The Kier molecular flexibility index (Phi) is 4.57. The van der Waals surface area contributed by atoms with E-state index in [2.05, 4.69) is 22.5 Å². The third-order valence-corrected chi connectivity index (χ3v) is 4.67. The molecule has 0 aliphatic rings. The second kappa shape index (κ2) is 6.79. The summed E-state index contributed by atoms with van der Waals surface area (Å²) in [5.41, 5.74) is 3.61. The highest BCUT2D eigenvalue weighted by Crippen LogP contribution is 2.15. The van der Waals surface area contributed by atoms with E-state index in [9.17, 15) is 4.79 Å². The van der Waals surface area contributed by atoms with Gasteiger partial charge in [-0.05, 0) is 49.4 Å². The minimum Gasteiger partial charge on any atom is -0.352 e.